The molecule has 0 saturated heterocycles. The molecule has 2 N–H and O–H groups in total. The Bertz CT molecular complexity index is 583. The molecule has 0 spiro atoms. The lowest BCUT2D eigenvalue weighted by Crippen LogP contribution is -2.28. The molecular weight excluding hydrogens is 292 g/mol. The van der Waals surface area contributed by atoms with Gasteiger partial charge in [0.1, 0.15) is 4.99 Å². The average molecular weight is 314 g/mol. The van der Waals surface area contributed by atoms with Crippen molar-refractivity contribution in [1.82, 2.24) is 4.31 Å². The van der Waals surface area contributed by atoms with Gasteiger partial charge in [0.2, 0.25) is 10.0 Å². The van der Waals surface area contributed by atoms with Gasteiger partial charge in [0.25, 0.3) is 0 Å². The van der Waals surface area contributed by atoms with Crippen LogP contribution in [0.4, 0.5) is 0 Å². The molecule has 0 amide bonds. The first-order chi connectivity index (χ1) is 9.30. The fourth-order valence-electron chi connectivity index (χ4n) is 1.96. The third-order valence-corrected chi connectivity index (χ3v) is 5.48. The van der Waals surface area contributed by atoms with E-state index in [1.165, 1.54) is 4.31 Å². The highest BCUT2D eigenvalue weighted by Crippen LogP contribution is 2.20. The minimum absolute atomic E-state index is 0.272. The van der Waals surface area contributed by atoms with Crippen molar-refractivity contribution in [2.45, 2.75) is 38.0 Å². The van der Waals surface area contributed by atoms with E-state index >= 15 is 0 Å². The molecule has 0 heterocycles. The van der Waals surface area contributed by atoms with Gasteiger partial charge in [0.05, 0.1) is 4.90 Å². The molecule has 0 radical (unpaired) electrons. The Morgan fingerprint density at radius 2 is 2.00 bits per heavy atom. The number of nitrogens with two attached hydrogens (primary N) is 1. The zero-order valence-electron chi connectivity index (χ0n) is 12.2. The van der Waals surface area contributed by atoms with Gasteiger partial charge in [0.15, 0.2) is 0 Å². The van der Waals surface area contributed by atoms with Crippen LogP contribution in [0.2, 0.25) is 0 Å². The van der Waals surface area contributed by atoms with E-state index in [-0.39, 0.29) is 4.99 Å². The molecule has 0 aliphatic carbocycles. The van der Waals surface area contributed by atoms with Crippen LogP contribution in [0.5, 0.6) is 0 Å². The summed E-state index contributed by atoms with van der Waals surface area (Å²) < 4.78 is 26.4. The number of hydrogen-bond donors (Lipinski definition) is 1. The van der Waals surface area contributed by atoms with Gasteiger partial charge in [-0.15, -0.1) is 0 Å². The van der Waals surface area contributed by atoms with Crippen molar-refractivity contribution in [3.05, 3.63) is 29.3 Å². The molecule has 0 aromatic heterocycles. The van der Waals surface area contributed by atoms with Gasteiger partial charge in [0, 0.05) is 19.2 Å². The van der Waals surface area contributed by atoms with E-state index in [2.05, 4.69) is 6.92 Å². The highest BCUT2D eigenvalue weighted by Gasteiger charge is 2.22. The van der Waals surface area contributed by atoms with Gasteiger partial charge < -0.3 is 5.73 Å². The van der Waals surface area contributed by atoms with E-state index in [9.17, 15) is 8.42 Å². The lowest BCUT2D eigenvalue weighted by atomic mass is 10.1. The zero-order chi connectivity index (χ0) is 15.3. The van der Waals surface area contributed by atoms with Crippen molar-refractivity contribution in [3.8, 4) is 0 Å². The third-order valence-electron chi connectivity index (χ3n) is 3.22. The van der Waals surface area contributed by atoms with Gasteiger partial charge in [-0.2, -0.15) is 0 Å². The third kappa shape index (κ3) is 4.01. The maximum Gasteiger partial charge on any atom is 0.243 e. The highest BCUT2D eigenvalue weighted by molar-refractivity contribution is 7.89. The molecule has 1 aromatic rings. The molecule has 6 heteroatoms. The van der Waals surface area contributed by atoms with Gasteiger partial charge in [-0.25, -0.2) is 12.7 Å². The van der Waals surface area contributed by atoms with Crippen LogP contribution in [-0.2, 0) is 10.0 Å². The number of hydrogen-bond acceptors (Lipinski definition) is 3. The Kier molecular flexibility index (Phi) is 6.10. The van der Waals surface area contributed by atoms with E-state index in [0.29, 0.717) is 22.6 Å². The Balaban J connectivity index is 3.00. The number of thiocarbonyl (C=S) groups is 1. The van der Waals surface area contributed by atoms with Crippen molar-refractivity contribution < 1.29 is 8.42 Å². The Morgan fingerprint density at radius 1 is 1.35 bits per heavy atom. The molecule has 0 atom stereocenters. The smallest absolute Gasteiger partial charge is 0.243 e. The molecule has 4 nitrogen and oxygen atoms in total. The molecule has 0 aliphatic heterocycles. The predicted octanol–water partition coefficient (Wildman–Crippen LogP) is 2.44. The fourth-order valence-corrected chi connectivity index (χ4v) is 3.50. The maximum atomic E-state index is 12.5. The van der Waals surface area contributed by atoms with Crippen LogP contribution < -0.4 is 5.73 Å². The van der Waals surface area contributed by atoms with E-state index in [0.717, 1.165) is 19.3 Å². The quantitative estimate of drug-likeness (QED) is 0.620. The Morgan fingerprint density at radius 3 is 2.50 bits per heavy atom. The van der Waals surface area contributed by atoms with Crippen molar-refractivity contribution in [2.24, 2.45) is 5.73 Å². The first-order valence-corrected chi connectivity index (χ1v) is 8.52. The van der Waals surface area contributed by atoms with Crippen LogP contribution in [0.15, 0.2) is 23.1 Å². The van der Waals surface area contributed by atoms with Crippen molar-refractivity contribution in [3.63, 3.8) is 0 Å². The van der Waals surface area contributed by atoms with Crippen LogP contribution >= 0.6 is 12.2 Å². The van der Waals surface area contributed by atoms with E-state index in [4.69, 9.17) is 18.0 Å². The molecule has 0 aliphatic rings. The summed E-state index contributed by atoms with van der Waals surface area (Å²) >= 11 is 4.90. The van der Waals surface area contributed by atoms with Crippen LogP contribution in [0.3, 0.4) is 0 Å². The summed E-state index contributed by atoms with van der Waals surface area (Å²) in [5.41, 5.74) is 6.90. The average Bonchev–Trinajstić information content (AvgIpc) is 2.38. The van der Waals surface area contributed by atoms with Crippen LogP contribution in [-0.4, -0.2) is 31.3 Å². The molecule has 112 valence electrons. The number of unbranched alkanes of at least 4 members (excludes halogenated alkanes) is 2. The first-order valence-electron chi connectivity index (χ1n) is 6.67. The van der Waals surface area contributed by atoms with E-state index < -0.39 is 10.0 Å². The lowest BCUT2D eigenvalue weighted by Gasteiger charge is -2.18. The van der Waals surface area contributed by atoms with Crippen molar-refractivity contribution in [1.29, 1.82) is 0 Å². The second kappa shape index (κ2) is 7.15. The van der Waals surface area contributed by atoms with Gasteiger partial charge in [-0.1, -0.05) is 38.0 Å². The molecule has 20 heavy (non-hydrogen) atoms. The molecule has 0 bridgehead atoms. The van der Waals surface area contributed by atoms with E-state index in [1.54, 1.807) is 32.2 Å². The summed E-state index contributed by atoms with van der Waals surface area (Å²) in [6.45, 7) is 4.38. The minimum Gasteiger partial charge on any atom is -0.389 e. The highest BCUT2D eigenvalue weighted by atomic mass is 32.2. The van der Waals surface area contributed by atoms with Crippen LogP contribution in [0.1, 0.15) is 37.3 Å². The second-order valence-electron chi connectivity index (χ2n) is 4.88. The molecule has 0 fully saturated rings. The monoisotopic (exact) mass is 314 g/mol. The number of nitrogens with zero attached hydrogens (tertiary/aromatic N) is 1. The fraction of sp³-hybridized carbons (Fsp3) is 0.500. The number of rotatable bonds is 7. The Labute approximate surface area is 127 Å². The standard InChI is InChI=1S/C14H22N2O2S2/c1-4-5-6-9-16(3)20(17,18)13-8-7-12(14(15)19)10-11(13)2/h7-8,10H,4-6,9H2,1-3H3,(H2,15,19). The molecular formula is C14H22N2O2S2. The van der Waals surface area contributed by atoms with Gasteiger partial charge in [-0.3, -0.25) is 0 Å². The van der Waals surface area contributed by atoms with Gasteiger partial charge >= 0.3 is 0 Å². The summed E-state index contributed by atoms with van der Waals surface area (Å²) in [5.74, 6) is 0. The summed E-state index contributed by atoms with van der Waals surface area (Å²) in [6, 6.07) is 4.95. The molecule has 1 rings (SSSR count). The molecule has 0 saturated carbocycles. The first kappa shape index (κ1) is 17.1. The largest absolute Gasteiger partial charge is 0.389 e. The van der Waals surface area contributed by atoms with Gasteiger partial charge in [-0.05, 0) is 31.0 Å². The minimum atomic E-state index is -3.44. The van der Waals surface area contributed by atoms with Crippen LogP contribution in [0.25, 0.3) is 0 Å². The van der Waals surface area contributed by atoms with Crippen molar-refractivity contribution in [2.75, 3.05) is 13.6 Å². The predicted molar refractivity (Wildman–Crippen MR) is 86.4 cm³/mol. The summed E-state index contributed by atoms with van der Waals surface area (Å²) in [7, 11) is -1.83. The topological polar surface area (TPSA) is 63.4 Å². The molecule has 1 aromatic carbocycles. The zero-order valence-corrected chi connectivity index (χ0v) is 13.9. The number of benzene rings is 1. The van der Waals surface area contributed by atoms with Crippen LogP contribution in [0, 0.1) is 6.92 Å². The SMILES string of the molecule is CCCCCN(C)S(=O)(=O)c1ccc(C(N)=S)cc1C. The number of aryl methyl sites for hydroxylation is 1. The van der Waals surface area contributed by atoms with E-state index in [1.807, 2.05) is 0 Å². The Hall–Kier alpha value is -0.980. The summed E-state index contributed by atoms with van der Waals surface area (Å²) in [6.07, 6.45) is 2.96. The summed E-state index contributed by atoms with van der Waals surface area (Å²) in [4.78, 5) is 0.588. The maximum absolute atomic E-state index is 12.5. The summed E-state index contributed by atoms with van der Waals surface area (Å²) in [5, 5.41) is 0. The van der Waals surface area contributed by atoms with Crippen molar-refractivity contribution >= 4 is 27.2 Å². The lowest BCUT2D eigenvalue weighted by molar-refractivity contribution is 0.454. The molecule has 0 unspecified atom stereocenters. The normalized spacial score (nSPS) is 11.8. The number of sulfonamides is 1. The second-order valence-corrected chi connectivity index (χ2v) is 7.33.